The molecule has 118 valence electrons. The minimum atomic E-state index is 0.106. The standard InChI is InChI=1S/C19H16N4O/c24-19(11-4-5-11)22-17-8-12(9-18-15(17)10-21-23-18)13-2-1-3-16-14(13)6-7-20-16/h1-3,6-11,20H,4-5H2,(H,21,23)(H,22,24). The van der Waals surface area contributed by atoms with Gasteiger partial charge in [-0.3, -0.25) is 9.89 Å². The minimum absolute atomic E-state index is 0.106. The highest BCUT2D eigenvalue weighted by Crippen LogP contribution is 2.35. The van der Waals surface area contributed by atoms with Crippen molar-refractivity contribution >= 4 is 33.4 Å². The maximum atomic E-state index is 12.2. The lowest BCUT2D eigenvalue weighted by molar-refractivity contribution is -0.117. The molecule has 0 saturated heterocycles. The predicted molar refractivity (Wildman–Crippen MR) is 94.7 cm³/mol. The molecule has 0 atom stereocenters. The van der Waals surface area contributed by atoms with Gasteiger partial charge in [-0.05, 0) is 48.2 Å². The zero-order valence-electron chi connectivity index (χ0n) is 13.0. The number of H-pyrrole nitrogens is 2. The van der Waals surface area contributed by atoms with Crippen LogP contribution in [0.25, 0.3) is 32.9 Å². The van der Waals surface area contributed by atoms with Gasteiger partial charge in [-0.2, -0.15) is 5.10 Å². The maximum Gasteiger partial charge on any atom is 0.227 e. The number of hydrogen-bond donors (Lipinski definition) is 3. The molecule has 2 heterocycles. The summed E-state index contributed by atoms with van der Waals surface area (Å²) in [6.07, 6.45) is 5.68. The minimum Gasteiger partial charge on any atom is -0.361 e. The van der Waals surface area contributed by atoms with Crippen molar-refractivity contribution < 1.29 is 4.79 Å². The highest BCUT2D eigenvalue weighted by Gasteiger charge is 2.30. The third-order valence-corrected chi connectivity index (χ3v) is 4.67. The van der Waals surface area contributed by atoms with E-state index in [1.807, 2.05) is 18.3 Å². The number of carbonyl (C=O) groups is 1. The van der Waals surface area contributed by atoms with E-state index in [1.54, 1.807) is 6.20 Å². The van der Waals surface area contributed by atoms with Crippen LogP contribution in [0.4, 0.5) is 5.69 Å². The number of rotatable bonds is 3. The number of aromatic nitrogens is 3. The fourth-order valence-electron chi connectivity index (χ4n) is 3.23. The molecule has 1 amide bonds. The van der Waals surface area contributed by atoms with Crippen LogP contribution in [0.15, 0.2) is 48.8 Å². The molecule has 0 unspecified atom stereocenters. The molecule has 5 rings (SSSR count). The van der Waals surface area contributed by atoms with E-state index in [-0.39, 0.29) is 11.8 Å². The first-order chi connectivity index (χ1) is 11.8. The molecule has 24 heavy (non-hydrogen) atoms. The number of anilines is 1. The number of hydrogen-bond acceptors (Lipinski definition) is 2. The van der Waals surface area contributed by atoms with E-state index in [2.05, 4.69) is 44.8 Å². The fourth-order valence-corrected chi connectivity index (χ4v) is 3.23. The van der Waals surface area contributed by atoms with E-state index in [0.29, 0.717) is 0 Å². The lowest BCUT2D eigenvalue weighted by atomic mass is 9.99. The fraction of sp³-hybridized carbons (Fsp3) is 0.158. The van der Waals surface area contributed by atoms with Crippen LogP contribution >= 0.6 is 0 Å². The van der Waals surface area contributed by atoms with Crippen molar-refractivity contribution in [3.63, 3.8) is 0 Å². The Hall–Kier alpha value is -3.08. The van der Waals surface area contributed by atoms with Gasteiger partial charge < -0.3 is 10.3 Å². The van der Waals surface area contributed by atoms with Crippen molar-refractivity contribution in [2.45, 2.75) is 12.8 Å². The summed E-state index contributed by atoms with van der Waals surface area (Å²) in [6.45, 7) is 0. The summed E-state index contributed by atoms with van der Waals surface area (Å²) < 4.78 is 0. The zero-order chi connectivity index (χ0) is 16.1. The average Bonchev–Trinajstić information content (AvgIpc) is 3.14. The van der Waals surface area contributed by atoms with Crippen LogP contribution in [-0.2, 0) is 4.79 Å². The molecule has 0 radical (unpaired) electrons. The Morgan fingerprint density at radius 1 is 1.12 bits per heavy atom. The Morgan fingerprint density at radius 3 is 2.92 bits per heavy atom. The second-order valence-electron chi connectivity index (χ2n) is 6.36. The molecule has 2 aromatic carbocycles. The molecule has 0 spiro atoms. The third kappa shape index (κ3) is 2.09. The van der Waals surface area contributed by atoms with E-state index in [0.717, 1.165) is 51.5 Å². The largest absolute Gasteiger partial charge is 0.361 e. The third-order valence-electron chi connectivity index (χ3n) is 4.67. The van der Waals surface area contributed by atoms with Gasteiger partial charge in [-0.1, -0.05) is 12.1 Å². The second-order valence-corrected chi connectivity index (χ2v) is 6.36. The molecule has 1 aliphatic rings. The summed E-state index contributed by atoms with van der Waals surface area (Å²) in [5.41, 5.74) is 5.03. The van der Waals surface area contributed by atoms with Gasteiger partial charge in [0, 0.05) is 28.4 Å². The smallest absolute Gasteiger partial charge is 0.227 e. The molecular weight excluding hydrogens is 300 g/mol. The summed E-state index contributed by atoms with van der Waals surface area (Å²) in [5.74, 6) is 0.276. The number of aromatic amines is 2. The van der Waals surface area contributed by atoms with Gasteiger partial charge in [-0.25, -0.2) is 0 Å². The van der Waals surface area contributed by atoms with Crippen LogP contribution < -0.4 is 5.32 Å². The Balaban J connectivity index is 1.68. The topological polar surface area (TPSA) is 73.6 Å². The normalized spacial score (nSPS) is 14.3. The Kier molecular flexibility index (Phi) is 2.76. The van der Waals surface area contributed by atoms with E-state index >= 15 is 0 Å². The van der Waals surface area contributed by atoms with Crippen molar-refractivity contribution in [2.75, 3.05) is 5.32 Å². The summed E-state index contributed by atoms with van der Waals surface area (Å²) in [5, 5.41) is 12.3. The van der Waals surface area contributed by atoms with Gasteiger partial charge in [0.1, 0.15) is 0 Å². The van der Waals surface area contributed by atoms with Crippen molar-refractivity contribution in [1.29, 1.82) is 0 Å². The Bertz CT molecular complexity index is 1070. The van der Waals surface area contributed by atoms with Gasteiger partial charge >= 0.3 is 0 Å². The first-order valence-corrected chi connectivity index (χ1v) is 8.14. The van der Waals surface area contributed by atoms with E-state index < -0.39 is 0 Å². The van der Waals surface area contributed by atoms with Gasteiger partial charge in [0.25, 0.3) is 0 Å². The number of carbonyl (C=O) groups excluding carboxylic acids is 1. The van der Waals surface area contributed by atoms with E-state index in [4.69, 9.17) is 0 Å². The van der Waals surface area contributed by atoms with Crippen LogP contribution in [-0.4, -0.2) is 21.1 Å². The van der Waals surface area contributed by atoms with Gasteiger partial charge in [0.05, 0.1) is 17.4 Å². The number of fused-ring (bicyclic) bond motifs is 2. The SMILES string of the molecule is O=C(Nc1cc(-c2cccc3[nH]ccc23)cc2[nH]ncc12)C1CC1. The van der Waals surface area contributed by atoms with Crippen LogP contribution in [0.1, 0.15) is 12.8 Å². The van der Waals surface area contributed by atoms with Crippen molar-refractivity contribution in [2.24, 2.45) is 5.92 Å². The highest BCUT2D eigenvalue weighted by molar-refractivity contribution is 6.06. The number of nitrogens with zero attached hydrogens (tertiary/aromatic N) is 1. The molecule has 0 aliphatic heterocycles. The molecule has 1 aliphatic carbocycles. The Labute approximate surface area is 138 Å². The van der Waals surface area contributed by atoms with E-state index in [9.17, 15) is 4.79 Å². The van der Waals surface area contributed by atoms with Crippen LogP contribution in [0.3, 0.4) is 0 Å². The quantitative estimate of drug-likeness (QED) is 0.533. The molecular formula is C19H16N4O. The summed E-state index contributed by atoms with van der Waals surface area (Å²) >= 11 is 0. The molecule has 5 heteroatoms. The van der Waals surface area contributed by atoms with Crippen molar-refractivity contribution in [1.82, 2.24) is 15.2 Å². The van der Waals surface area contributed by atoms with E-state index in [1.165, 1.54) is 0 Å². The summed E-state index contributed by atoms with van der Waals surface area (Å²) in [7, 11) is 0. The summed E-state index contributed by atoms with van der Waals surface area (Å²) in [6, 6.07) is 12.4. The van der Waals surface area contributed by atoms with Crippen molar-refractivity contribution in [3.8, 4) is 11.1 Å². The summed E-state index contributed by atoms with van der Waals surface area (Å²) in [4.78, 5) is 15.5. The molecule has 5 nitrogen and oxygen atoms in total. The highest BCUT2D eigenvalue weighted by atomic mass is 16.2. The van der Waals surface area contributed by atoms with Gasteiger partial charge in [0.2, 0.25) is 5.91 Å². The first kappa shape index (κ1) is 13.4. The number of amides is 1. The monoisotopic (exact) mass is 316 g/mol. The lowest BCUT2D eigenvalue weighted by Gasteiger charge is -2.10. The molecule has 0 bridgehead atoms. The average molecular weight is 316 g/mol. The number of benzene rings is 2. The van der Waals surface area contributed by atoms with Crippen LogP contribution in [0, 0.1) is 5.92 Å². The van der Waals surface area contributed by atoms with Crippen LogP contribution in [0.2, 0.25) is 0 Å². The molecule has 3 N–H and O–H groups in total. The van der Waals surface area contributed by atoms with Gasteiger partial charge in [-0.15, -0.1) is 0 Å². The first-order valence-electron chi connectivity index (χ1n) is 8.14. The number of nitrogens with one attached hydrogen (secondary N) is 3. The molecule has 4 aromatic rings. The van der Waals surface area contributed by atoms with Crippen LogP contribution in [0.5, 0.6) is 0 Å². The Morgan fingerprint density at radius 2 is 2.04 bits per heavy atom. The molecule has 1 saturated carbocycles. The second kappa shape index (κ2) is 4.96. The molecule has 2 aromatic heterocycles. The zero-order valence-corrected chi connectivity index (χ0v) is 13.0. The molecule has 1 fully saturated rings. The lowest BCUT2D eigenvalue weighted by Crippen LogP contribution is -2.13. The maximum absolute atomic E-state index is 12.2. The van der Waals surface area contributed by atoms with Crippen molar-refractivity contribution in [3.05, 3.63) is 48.8 Å². The predicted octanol–water partition coefficient (Wildman–Crippen LogP) is 4.06. The van der Waals surface area contributed by atoms with Gasteiger partial charge in [0.15, 0.2) is 0 Å².